The number of nitrogens with two attached hydrogens (primary N) is 1. The van der Waals surface area contributed by atoms with Gasteiger partial charge in [0.1, 0.15) is 0 Å². The molecular formula is C11H16BrN3O3S. The van der Waals surface area contributed by atoms with Gasteiger partial charge in [0.25, 0.3) is 5.91 Å². The Morgan fingerprint density at radius 1 is 1.37 bits per heavy atom. The van der Waals surface area contributed by atoms with E-state index < -0.39 is 10.0 Å². The molecule has 106 valence electrons. The number of nitrogens with one attached hydrogen (secondary N) is 1. The number of hydrogen-bond donors (Lipinski definition) is 2. The Kier molecular flexibility index (Phi) is 5.33. The maximum absolute atomic E-state index is 11.8. The maximum Gasteiger partial charge on any atom is 0.251 e. The van der Waals surface area contributed by atoms with E-state index in [0.717, 1.165) is 4.31 Å². The minimum absolute atomic E-state index is 0.0474. The summed E-state index contributed by atoms with van der Waals surface area (Å²) in [5.74, 6) is -0.503. The fourth-order valence-corrected chi connectivity index (χ4v) is 2.56. The lowest BCUT2D eigenvalue weighted by Crippen LogP contribution is -2.33. The van der Waals surface area contributed by atoms with E-state index in [4.69, 9.17) is 5.73 Å². The van der Waals surface area contributed by atoms with Gasteiger partial charge in [0.15, 0.2) is 0 Å². The van der Waals surface area contributed by atoms with Crippen LogP contribution in [0.5, 0.6) is 0 Å². The molecule has 0 aliphatic heterocycles. The number of rotatable bonds is 5. The van der Waals surface area contributed by atoms with Crippen LogP contribution in [0.4, 0.5) is 5.69 Å². The minimum atomic E-state index is -3.31. The van der Waals surface area contributed by atoms with Gasteiger partial charge in [-0.25, -0.2) is 12.7 Å². The molecule has 0 fully saturated rings. The highest BCUT2D eigenvalue weighted by atomic mass is 79.9. The summed E-state index contributed by atoms with van der Waals surface area (Å²) < 4.78 is 24.8. The van der Waals surface area contributed by atoms with Gasteiger partial charge in [0.2, 0.25) is 10.0 Å². The van der Waals surface area contributed by atoms with Gasteiger partial charge in [-0.15, -0.1) is 0 Å². The lowest BCUT2D eigenvalue weighted by molar-refractivity contribution is 0.0956. The Balaban J connectivity index is 2.62. The summed E-state index contributed by atoms with van der Waals surface area (Å²) in [4.78, 5) is 11.8. The largest absolute Gasteiger partial charge is 0.399 e. The highest BCUT2D eigenvalue weighted by Crippen LogP contribution is 2.17. The number of nitrogen functional groups attached to an aromatic ring is 1. The van der Waals surface area contributed by atoms with Gasteiger partial charge < -0.3 is 11.1 Å². The molecule has 1 aromatic rings. The van der Waals surface area contributed by atoms with Crippen LogP contribution in [0.1, 0.15) is 10.4 Å². The van der Waals surface area contributed by atoms with Crippen LogP contribution in [0.2, 0.25) is 0 Å². The number of nitrogens with zero attached hydrogens (tertiary/aromatic N) is 1. The molecule has 1 aromatic carbocycles. The standard InChI is InChI=1S/C11H16BrN3O3S/c1-15(2)19(17,18)4-3-14-11(16)8-5-9(12)7-10(13)6-8/h5-7H,3-4,13H2,1-2H3,(H,14,16). The normalized spacial score (nSPS) is 11.6. The van der Waals surface area contributed by atoms with Gasteiger partial charge in [-0.05, 0) is 18.2 Å². The SMILES string of the molecule is CN(C)S(=O)(=O)CCNC(=O)c1cc(N)cc(Br)c1. The molecule has 0 bridgehead atoms. The first-order valence-electron chi connectivity index (χ1n) is 5.47. The molecule has 0 aromatic heterocycles. The molecule has 6 nitrogen and oxygen atoms in total. The third kappa shape index (κ3) is 4.81. The van der Waals surface area contributed by atoms with E-state index in [1.807, 2.05) is 0 Å². The first-order chi connectivity index (χ1) is 8.72. The number of amides is 1. The van der Waals surface area contributed by atoms with Crippen LogP contribution < -0.4 is 11.1 Å². The molecule has 8 heteroatoms. The van der Waals surface area contributed by atoms with E-state index in [0.29, 0.717) is 15.7 Å². The minimum Gasteiger partial charge on any atom is -0.399 e. The number of carbonyl (C=O) groups is 1. The molecule has 0 aliphatic rings. The second-order valence-electron chi connectivity index (χ2n) is 4.13. The first-order valence-corrected chi connectivity index (χ1v) is 7.87. The summed E-state index contributed by atoms with van der Waals surface area (Å²) in [5.41, 5.74) is 6.46. The van der Waals surface area contributed by atoms with Crippen LogP contribution in [0.15, 0.2) is 22.7 Å². The van der Waals surface area contributed by atoms with Gasteiger partial charge in [0, 0.05) is 36.4 Å². The smallest absolute Gasteiger partial charge is 0.251 e. The van der Waals surface area contributed by atoms with Gasteiger partial charge in [-0.3, -0.25) is 4.79 Å². The van der Waals surface area contributed by atoms with Crippen LogP contribution in [-0.4, -0.2) is 45.0 Å². The molecule has 0 saturated carbocycles. The van der Waals surface area contributed by atoms with Crippen molar-refractivity contribution in [3.05, 3.63) is 28.2 Å². The first kappa shape index (κ1) is 15.9. The van der Waals surface area contributed by atoms with Gasteiger partial charge in [0.05, 0.1) is 5.75 Å². The van der Waals surface area contributed by atoms with Crippen LogP contribution >= 0.6 is 15.9 Å². The number of hydrogen-bond acceptors (Lipinski definition) is 4. The molecule has 0 spiro atoms. The van der Waals surface area contributed by atoms with Crippen LogP contribution in [0.25, 0.3) is 0 Å². The van der Waals surface area contributed by atoms with E-state index in [2.05, 4.69) is 21.2 Å². The Morgan fingerprint density at radius 3 is 2.53 bits per heavy atom. The molecule has 0 radical (unpaired) electrons. The Bertz CT molecular complexity index is 552. The molecule has 0 saturated heterocycles. The summed E-state index contributed by atoms with van der Waals surface area (Å²) in [6.07, 6.45) is 0. The molecule has 1 rings (SSSR count). The summed E-state index contributed by atoms with van der Waals surface area (Å²) >= 11 is 3.24. The number of sulfonamides is 1. The fourth-order valence-electron chi connectivity index (χ4n) is 1.32. The molecule has 19 heavy (non-hydrogen) atoms. The van der Waals surface area contributed by atoms with Gasteiger partial charge in [-0.1, -0.05) is 15.9 Å². The summed E-state index contributed by atoms with van der Waals surface area (Å²) in [5, 5.41) is 2.54. The average Bonchev–Trinajstić information content (AvgIpc) is 2.27. The zero-order valence-corrected chi connectivity index (χ0v) is 13.1. The Hall–Kier alpha value is -1.12. The quantitative estimate of drug-likeness (QED) is 0.763. The summed E-state index contributed by atoms with van der Waals surface area (Å²) in [6, 6.07) is 4.82. The van der Waals surface area contributed by atoms with Crippen LogP contribution in [0, 0.1) is 0 Å². The predicted molar refractivity (Wildman–Crippen MR) is 78.4 cm³/mol. The van der Waals surface area contributed by atoms with Gasteiger partial charge in [-0.2, -0.15) is 0 Å². The topological polar surface area (TPSA) is 92.5 Å². The highest BCUT2D eigenvalue weighted by molar-refractivity contribution is 9.10. The van der Waals surface area contributed by atoms with E-state index in [1.54, 1.807) is 12.1 Å². The van der Waals surface area contributed by atoms with Gasteiger partial charge >= 0.3 is 0 Å². The fraction of sp³-hybridized carbons (Fsp3) is 0.364. The van der Waals surface area contributed by atoms with Crippen molar-refractivity contribution >= 4 is 37.5 Å². The lowest BCUT2D eigenvalue weighted by Gasteiger charge is -2.11. The molecule has 0 atom stereocenters. The van der Waals surface area contributed by atoms with Crippen LogP contribution in [0.3, 0.4) is 0 Å². The van der Waals surface area contributed by atoms with E-state index in [9.17, 15) is 13.2 Å². The summed E-state index contributed by atoms with van der Waals surface area (Å²) in [6.45, 7) is 0.0474. The van der Waals surface area contributed by atoms with Crippen molar-refractivity contribution < 1.29 is 13.2 Å². The van der Waals surface area contributed by atoms with Crippen LogP contribution in [-0.2, 0) is 10.0 Å². The van der Waals surface area contributed by atoms with E-state index in [-0.39, 0.29) is 18.2 Å². The number of halogens is 1. The predicted octanol–water partition coefficient (Wildman–Crippen LogP) is 0.653. The zero-order chi connectivity index (χ0) is 14.6. The van der Waals surface area contributed by atoms with Crippen molar-refractivity contribution in [3.63, 3.8) is 0 Å². The molecular weight excluding hydrogens is 334 g/mol. The molecule has 3 N–H and O–H groups in total. The Morgan fingerprint density at radius 2 is 2.00 bits per heavy atom. The lowest BCUT2D eigenvalue weighted by atomic mass is 10.2. The highest BCUT2D eigenvalue weighted by Gasteiger charge is 2.14. The molecule has 0 unspecified atom stereocenters. The third-order valence-corrected chi connectivity index (χ3v) is 4.67. The number of anilines is 1. The van der Waals surface area contributed by atoms with E-state index in [1.165, 1.54) is 20.2 Å². The molecule has 1 amide bonds. The number of benzene rings is 1. The monoisotopic (exact) mass is 349 g/mol. The van der Waals surface area contributed by atoms with E-state index >= 15 is 0 Å². The summed E-state index contributed by atoms with van der Waals surface area (Å²) in [7, 11) is -0.407. The van der Waals surface area contributed by atoms with Crippen molar-refractivity contribution in [3.8, 4) is 0 Å². The number of carbonyl (C=O) groups excluding carboxylic acids is 1. The molecule has 0 aliphatic carbocycles. The van der Waals surface area contributed by atoms with Crippen molar-refractivity contribution in [2.24, 2.45) is 0 Å². The van der Waals surface area contributed by atoms with Crippen molar-refractivity contribution in [2.75, 3.05) is 32.1 Å². The molecule has 0 heterocycles. The second-order valence-corrected chi connectivity index (χ2v) is 7.35. The Labute approximate surface area is 121 Å². The zero-order valence-electron chi connectivity index (χ0n) is 10.7. The third-order valence-electron chi connectivity index (χ3n) is 2.38. The van der Waals surface area contributed by atoms with Crippen molar-refractivity contribution in [1.29, 1.82) is 0 Å². The van der Waals surface area contributed by atoms with Crippen molar-refractivity contribution in [1.82, 2.24) is 9.62 Å². The second kappa shape index (κ2) is 6.36. The maximum atomic E-state index is 11.8. The van der Waals surface area contributed by atoms with Crippen molar-refractivity contribution in [2.45, 2.75) is 0 Å². The average molecular weight is 350 g/mol.